The summed E-state index contributed by atoms with van der Waals surface area (Å²) in [6.07, 6.45) is 0. The van der Waals surface area contributed by atoms with Gasteiger partial charge in [0.25, 0.3) is 0 Å². The van der Waals surface area contributed by atoms with Gasteiger partial charge in [-0.3, -0.25) is 0 Å². The monoisotopic (exact) mass is 1820 g/mol. The molecule has 0 atom stereocenters. The maximum absolute atomic E-state index is 9.15. The number of benzene rings is 16. The highest BCUT2D eigenvalue weighted by Crippen LogP contribution is 2.40. The highest BCUT2D eigenvalue weighted by molar-refractivity contribution is 14.1. The van der Waals surface area contributed by atoms with Crippen LogP contribution < -0.4 is 36.6 Å². The summed E-state index contributed by atoms with van der Waals surface area (Å²) < 4.78 is 14.0. The Morgan fingerprint density at radius 2 is 0.532 bits per heavy atom. The second-order valence-corrected chi connectivity index (χ2v) is 44.1. The zero-order chi connectivity index (χ0) is 75.1. The molecule has 0 radical (unpaired) electrons. The number of hydrogen-bond acceptors (Lipinski definition) is 6. The molecule has 0 aliphatic heterocycles. The van der Waals surface area contributed by atoms with Crippen LogP contribution in [-0.4, -0.2) is 40.3 Å². The van der Waals surface area contributed by atoms with Crippen LogP contribution in [0.5, 0.6) is 0 Å². The Hall–Kier alpha value is -8.85. The van der Waals surface area contributed by atoms with E-state index < -0.39 is 21.9 Å². The molecule has 0 aliphatic carbocycles. The lowest BCUT2D eigenvalue weighted by Gasteiger charge is -2.35. The molecule has 111 heavy (non-hydrogen) atoms. The third kappa shape index (κ3) is 16.8. The van der Waals surface area contributed by atoms with E-state index in [1.807, 2.05) is 131 Å². The number of hydrogen-bond donors (Lipinski definition) is 2. The predicted octanol–water partition coefficient (Wildman–Crippen LogP) is 23.7. The Kier molecular flexibility index (Phi) is 24.5. The summed E-state index contributed by atoms with van der Waals surface area (Å²) in [4.78, 5) is 0. The number of thiophene rings is 4. The Bertz CT molecular complexity index is 6390. The Morgan fingerprint density at radius 1 is 0.252 bits per heavy atom. The van der Waals surface area contributed by atoms with Crippen molar-refractivity contribution >= 4 is 270 Å². The first-order valence-electron chi connectivity index (χ1n) is 35.8. The summed E-state index contributed by atoms with van der Waals surface area (Å²) in [6.45, 7) is -2.51. The van der Waals surface area contributed by atoms with E-state index in [0.29, 0.717) is 5.46 Å². The van der Waals surface area contributed by atoms with Crippen LogP contribution in [-0.2, 0) is 0 Å². The van der Waals surface area contributed by atoms with Crippen molar-refractivity contribution in [2.75, 3.05) is 0 Å². The van der Waals surface area contributed by atoms with Gasteiger partial charge in [-0.1, -0.05) is 331 Å². The van der Waals surface area contributed by atoms with Gasteiger partial charge in [-0.25, -0.2) is 0 Å². The summed E-state index contributed by atoms with van der Waals surface area (Å²) in [5, 5.41) is 36.2. The van der Waals surface area contributed by atoms with Crippen molar-refractivity contribution in [3.63, 3.8) is 0 Å². The molecule has 0 saturated carbocycles. The molecule has 15 heteroatoms. The average Bonchev–Trinajstić information content (AvgIpc) is 1.65. The predicted molar refractivity (Wildman–Crippen MR) is 516 cm³/mol. The number of halogens is 5. The van der Waals surface area contributed by atoms with Crippen molar-refractivity contribution in [1.82, 2.24) is 0 Å². The summed E-state index contributed by atoms with van der Waals surface area (Å²) in [7, 11) is -4.19. The van der Waals surface area contributed by atoms with Crippen molar-refractivity contribution < 1.29 is 10.0 Å². The number of fused-ring (bicyclic) bond motifs is 12. The third-order valence-corrected chi connectivity index (χ3v) is 35.5. The van der Waals surface area contributed by atoms with Gasteiger partial charge in [-0.2, -0.15) is 0 Å². The second-order valence-electron chi connectivity index (χ2n) is 26.6. The van der Waals surface area contributed by atoms with Gasteiger partial charge >= 0.3 is 13.8 Å². The maximum Gasteiger partial charge on any atom is 0.488 e. The topological polar surface area (TPSA) is 40.5 Å². The standard InChI is InChI=1S/C48H32S2Si.C18H11BrS.C12H9BO2S.C12H10Cl2Si.C6H4BrI.BH4/c1-3-15-37(16-4-1)51(38-17-5-2-6-18-38,39-19-11-13-33(29-39)35-25-27-47-43(31-35)41-21-7-9-23-45(41)49-47)40-20-12-14-34(30-40)36-26-28-48-44(32-36)42-22-8-10-24-46(42)50-48;19-14-5-3-4-12(10-14)13-8-9-18-16(11-13)15-6-1-2-7-17(15)20-18;14-13(15)8-5-6-12-10(7-8)9-3-1-2-4-11(9)16-12;13-15(14,11-7-3-1-4-8-11)12-9-5-2-6-10-12;7-5-2-1-3-6(8)4-5;/h1-32H;1-11H;1-7,14-15H;1-10H;1-4H;1H4/q;;;;;-1. The highest BCUT2D eigenvalue weighted by Gasteiger charge is 2.42. The molecule has 4 aromatic heterocycles. The summed E-state index contributed by atoms with van der Waals surface area (Å²) >= 11 is 29.5. The summed E-state index contributed by atoms with van der Waals surface area (Å²) in [6, 6.07) is 138. The molecule has 0 unspecified atom stereocenters. The molecule has 2 nitrogen and oxygen atoms in total. The molecular weight excluding hydrogens is 1750 g/mol. The molecule has 0 bridgehead atoms. The molecule has 0 amide bonds. The molecule has 0 aliphatic rings. The van der Waals surface area contributed by atoms with Crippen LogP contribution >= 0.6 is 122 Å². The van der Waals surface area contributed by atoms with E-state index in [4.69, 9.17) is 32.2 Å². The lowest BCUT2D eigenvalue weighted by atomic mass is 9.80. The fourth-order valence-electron chi connectivity index (χ4n) is 14.5. The van der Waals surface area contributed by atoms with Gasteiger partial charge in [0, 0.05) is 87.8 Å². The van der Waals surface area contributed by atoms with Crippen molar-refractivity contribution in [3.05, 3.63) is 401 Å². The smallest absolute Gasteiger partial charge is 0.423 e. The van der Waals surface area contributed by atoms with E-state index in [9.17, 15) is 0 Å². The first kappa shape index (κ1) is 77.5. The van der Waals surface area contributed by atoms with Crippen LogP contribution in [0, 0.1) is 3.57 Å². The molecule has 20 aromatic rings. The first-order valence-corrected chi connectivity index (χ1v) is 47.8. The van der Waals surface area contributed by atoms with Gasteiger partial charge < -0.3 is 10.0 Å². The highest BCUT2D eigenvalue weighted by atomic mass is 127. The van der Waals surface area contributed by atoms with E-state index in [1.165, 1.54) is 133 Å². The molecule has 20 rings (SSSR count). The summed E-state index contributed by atoms with van der Waals surface area (Å²) in [5.74, 6) is 0. The molecule has 16 aromatic carbocycles. The van der Waals surface area contributed by atoms with Crippen molar-refractivity contribution in [2.24, 2.45) is 0 Å². The second kappa shape index (κ2) is 35.0. The number of rotatable bonds is 10. The van der Waals surface area contributed by atoms with Gasteiger partial charge in [0.15, 0.2) is 8.07 Å². The first-order chi connectivity index (χ1) is 53.8. The Labute approximate surface area is 706 Å². The van der Waals surface area contributed by atoms with E-state index in [-0.39, 0.29) is 8.41 Å². The third-order valence-electron chi connectivity index (χ3n) is 19.7. The molecule has 2 N–H and O–H groups in total. The molecule has 0 fully saturated rings. The quantitative estimate of drug-likeness (QED) is 0.0620. The SMILES string of the molecule is Brc1cccc(-c2ccc3sc4ccccc4c3c2)c1.Brc1cccc(I)c1.Cl[Si](Cl)(c1ccccc1)c1ccccc1.OB(O)c1ccc2sc3ccccc3c2c1.[BH4-].c1ccc([Si](c2ccccc2)(c2cccc(-c3ccc4sc5ccccc5c4c3)c2)c2cccc(-c3ccc4sc5ccccc5c4c3)c2)cc1. The van der Waals surface area contributed by atoms with Gasteiger partial charge in [0.1, 0.15) is 0 Å². The van der Waals surface area contributed by atoms with Gasteiger partial charge in [-0.15, -0.1) is 67.5 Å². The van der Waals surface area contributed by atoms with Crippen LogP contribution in [0.2, 0.25) is 0 Å². The average molecular weight is 1820 g/mol. The fraction of sp³-hybridized carbons (Fsp3) is 0. The van der Waals surface area contributed by atoms with E-state index >= 15 is 0 Å². The summed E-state index contributed by atoms with van der Waals surface area (Å²) in [5.41, 5.74) is 8.05. The lowest BCUT2D eigenvalue weighted by molar-refractivity contribution is 0.426. The largest absolute Gasteiger partial charge is 0.488 e. The van der Waals surface area contributed by atoms with Gasteiger partial charge in [0.05, 0.1) is 0 Å². The van der Waals surface area contributed by atoms with E-state index in [2.05, 4.69) is 340 Å². The van der Waals surface area contributed by atoms with Crippen LogP contribution in [0.1, 0.15) is 0 Å². The molecular formula is C96H70B2Br2Cl2IO2S4Si2-. The van der Waals surface area contributed by atoms with Crippen LogP contribution in [0.3, 0.4) is 0 Å². The van der Waals surface area contributed by atoms with E-state index in [0.717, 1.165) is 24.7 Å². The van der Waals surface area contributed by atoms with Crippen molar-refractivity contribution in [2.45, 2.75) is 0 Å². The molecule has 0 spiro atoms. The zero-order valence-corrected chi connectivity index (χ0v) is 71.1. The Balaban J connectivity index is 0.000000132. The van der Waals surface area contributed by atoms with Gasteiger partial charge in [-0.05, 0) is 195 Å². The van der Waals surface area contributed by atoms with Crippen LogP contribution in [0.4, 0.5) is 0 Å². The molecule has 4 heterocycles. The fourth-order valence-corrected chi connectivity index (χ4v) is 28.5. The maximum atomic E-state index is 9.15. The van der Waals surface area contributed by atoms with Gasteiger partial charge in [0.2, 0.25) is 0 Å². The van der Waals surface area contributed by atoms with Crippen LogP contribution in [0.15, 0.2) is 397 Å². The van der Waals surface area contributed by atoms with Crippen LogP contribution in [0.25, 0.3) is 114 Å². The van der Waals surface area contributed by atoms with Crippen molar-refractivity contribution in [1.29, 1.82) is 0 Å². The van der Waals surface area contributed by atoms with E-state index in [1.54, 1.807) is 17.4 Å². The minimum Gasteiger partial charge on any atom is -0.423 e. The minimum atomic E-state index is -2.79. The zero-order valence-electron chi connectivity index (χ0n) is 58.9. The lowest BCUT2D eigenvalue weighted by Crippen LogP contribution is -2.74. The Morgan fingerprint density at radius 3 is 0.874 bits per heavy atom. The van der Waals surface area contributed by atoms with Crippen molar-refractivity contribution in [3.8, 4) is 33.4 Å². The normalized spacial score (nSPS) is 11.3. The minimum absolute atomic E-state index is 0. The molecule has 0 saturated heterocycles. The molecule has 540 valence electrons.